The molecule has 2 saturated heterocycles. The number of alkyl halides is 6. The Morgan fingerprint density at radius 1 is 0.634 bits per heavy atom. The molecule has 4 N–H and O–H groups in total. The van der Waals surface area contributed by atoms with Crippen molar-refractivity contribution in [2.45, 2.75) is 32.4 Å². The Morgan fingerprint density at radius 2 is 1.07 bits per heavy atom. The standard InChI is InChI=1S/C25H25BF4N4O3.C24H22F4N4O2/c1-26(36)34-11-9-33(10-12-34)22-7-5-19(14-20(22)25(28,29)30)32-24(35)18-4-6-21(27)23(13-18)37-16-17-3-2-8-31-15-17;25-20-5-3-17(12-22(20)34-15-16-2-1-7-30-14-16)23(33)31-18-4-6-21(19(13-18)24(26,27)28)32-10-8-29-9-11-32/h2-8,13-15,36H,9-12,16H2,1H3,(H,32,35);1-7,12-14,29H,8-11,15H2,(H,31,33). The highest BCUT2D eigenvalue weighted by Gasteiger charge is 2.37. The number of ether oxygens (including phenoxy) is 2. The monoisotopic (exact) mass is 990 g/mol. The number of amides is 2. The maximum absolute atomic E-state index is 14.2. The Morgan fingerprint density at radius 3 is 1.46 bits per heavy atom. The van der Waals surface area contributed by atoms with Gasteiger partial charge in [0.1, 0.15) is 13.2 Å². The third kappa shape index (κ3) is 13.9. The predicted molar refractivity (Wildman–Crippen MR) is 251 cm³/mol. The van der Waals surface area contributed by atoms with Crippen LogP contribution in [-0.4, -0.2) is 91.0 Å². The number of piperazine rings is 2. The lowest BCUT2D eigenvalue weighted by Gasteiger charge is -2.37. The number of halogens is 8. The van der Waals surface area contributed by atoms with Gasteiger partial charge in [-0.15, -0.1) is 0 Å². The van der Waals surface area contributed by atoms with Crippen LogP contribution < -0.4 is 35.2 Å². The van der Waals surface area contributed by atoms with Gasteiger partial charge in [-0.25, -0.2) is 8.78 Å². The first-order chi connectivity index (χ1) is 33.9. The quantitative estimate of drug-likeness (QED) is 0.0652. The van der Waals surface area contributed by atoms with Crippen LogP contribution in [0.5, 0.6) is 11.5 Å². The average molecular weight is 991 g/mol. The molecule has 2 aliphatic rings. The minimum atomic E-state index is -4.65. The summed E-state index contributed by atoms with van der Waals surface area (Å²) in [7, 11) is -0.672. The molecule has 0 aliphatic carbocycles. The van der Waals surface area contributed by atoms with Crippen LogP contribution in [-0.2, 0) is 25.6 Å². The summed E-state index contributed by atoms with van der Waals surface area (Å²) in [4.78, 5) is 38.4. The third-order valence-corrected chi connectivity index (χ3v) is 11.4. The Labute approximate surface area is 403 Å². The number of nitrogens with one attached hydrogen (secondary N) is 3. The molecule has 22 heteroatoms. The lowest BCUT2D eigenvalue weighted by atomic mass is 9.84. The largest absolute Gasteiger partial charge is 0.486 e. The number of rotatable bonds is 13. The van der Waals surface area contributed by atoms with Crippen LogP contribution in [0.15, 0.2) is 122 Å². The molecule has 8 rings (SSSR count). The Hall–Kier alpha value is -7.30. The zero-order valence-corrected chi connectivity index (χ0v) is 38.0. The predicted octanol–water partition coefficient (Wildman–Crippen LogP) is 8.78. The summed E-state index contributed by atoms with van der Waals surface area (Å²) < 4.78 is 122. The molecule has 2 aromatic heterocycles. The number of aromatic nitrogens is 2. The Bertz CT molecular complexity index is 2760. The molecule has 2 aliphatic heterocycles. The maximum atomic E-state index is 14.2. The molecule has 0 unspecified atom stereocenters. The summed E-state index contributed by atoms with van der Waals surface area (Å²) in [6.45, 7) is 5.23. The van der Waals surface area contributed by atoms with E-state index in [9.17, 15) is 49.7 Å². The summed E-state index contributed by atoms with van der Waals surface area (Å²) in [6.07, 6.45) is -2.94. The molecule has 0 saturated carbocycles. The van der Waals surface area contributed by atoms with E-state index in [4.69, 9.17) is 9.47 Å². The van der Waals surface area contributed by atoms with E-state index in [0.29, 0.717) is 63.5 Å². The highest BCUT2D eigenvalue weighted by atomic mass is 19.4. The number of nitrogens with zero attached hydrogens (tertiary/aromatic N) is 5. The molecule has 2 fully saturated rings. The molecule has 0 atom stereocenters. The van der Waals surface area contributed by atoms with Crippen molar-refractivity contribution in [1.29, 1.82) is 0 Å². The molecule has 6 aromatic rings. The molecule has 2 amide bonds. The summed E-state index contributed by atoms with van der Waals surface area (Å²) in [5.74, 6) is -3.06. The Kier molecular flexibility index (Phi) is 16.8. The topological polar surface area (TPSA) is 144 Å². The number of hydrogen-bond acceptors (Lipinski definition) is 11. The molecular formula is C49H47BF8N8O5. The van der Waals surface area contributed by atoms with Crippen molar-refractivity contribution in [2.24, 2.45) is 0 Å². The Balaban J connectivity index is 0.000000209. The molecule has 4 aromatic carbocycles. The van der Waals surface area contributed by atoms with E-state index in [2.05, 4.69) is 25.9 Å². The van der Waals surface area contributed by atoms with Gasteiger partial charge in [0.05, 0.1) is 11.1 Å². The van der Waals surface area contributed by atoms with Crippen LogP contribution >= 0.6 is 0 Å². The van der Waals surface area contributed by atoms with Gasteiger partial charge < -0.3 is 45.1 Å². The average Bonchev–Trinajstić information content (AvgIpc) is 3.36. The summed E-state index contributed by atoms with van der Waals surface area (Å²) in [6, 6.07) is 21.2. The highest BCUT2D eigenvalue weighted by Crippen LogP contribution is 2.40. The van der Waals surface area contributed by atoms with Crippen molar-refractivity contribution < 1.29 is 59.2 Å². The van der Waals surface area contributed by atoms with Crippen molar-refractivity contribution in [3.63, 3.8) is 0 Å². The first-order valence-electron chi connectivity index (χ1n) is 22.2. The zero-order chi connectivity index (χ0) is 50.7. The fourth-order valence-electron chi connectivity index (χ4n) is 7.68. The van der Waals surface area contributed by atoms with Crippen LogP contribution in [0.25, 0.3) is 0 Å². The van der Waals surface area contributed by atoms with Crippen molar-refractivity contribution in [3.8, 4) is 11.5 Å². The van der Waals surface area contributed by atoms with Crippen LogP contribution in [0.3, 0.4) is 0 Å². The van der Waals surface area contributed by atoms with Crippen LogP contribution in [0, 0.1) is 11.6 Å². The van der Waals surface area contributed by atoms with E-state index in [0.717, 1.165) is 24.3 Å². The van der Waals surface area contributed by atoms with E-state index < -0.39 is 54.0 Å². The van der Waals surface area contributed by atoms with E-state index in [1.807, 2.05) is 0 Å². The lowest BCUT2D eigenvalue weighted by Crippen LogP contribution is -2.51. The second kappa shape index (κ2) is 23.1. The fourth-order valence-corrected chi connectivity index (χ4v) is 7.68. The van der Waals surface area contributed by atoms with Gasteiger partial charge in [-0.05, 0) is 91.8 Å². The van der Waals surface area contributed by atoms with Crippen LogP contribution in [0.2, 0.25) is 6.82 Å². The first-order valence-corrected chi connectivity index (χ1v) is 22.2. The number of carbonyl (C=O) groups is 2. The highest BCUT2D eigenvalue weighted by molar-refractivity contribution is 6.45. The number of benzene rings is 4. The lowest BCUT2D eigenvalue weighted by molar-refractivity contribution is -0.137. The van der Waals surface area contributed by atoms with Gasteiger partial charge in [0, 0.05) is 122 Å². The summed E-state index contributed by atoms with van der Waals surface area (Å²) in [5.41, 5.74) is -0.225. The molecule has 13 nitrogen and oxygen atoms in total. The van der Waals surface area contributed by atoms with Crippen molar-refractivity contribution in [3.05, 3.63) is 167 Å². The smallest absolute Gasteiger partial charge is 0.418 e. The van der Waals surface area contributed by atoms with Gasteiger partial charge >= 0.3 is 19.4 Å². The van der Waals surface area contributed by atoms with E-state index in [-0.39, 0.29) is 58.6 Å². The van der Waals surface area contributed by atoms with Crippen molar-refractivity contribution in [1.82, 2.24) is 20.1 Å². The molecule has 0 bridgehead atoms. The minimum Gasteiger partial charge on any atom is -0.486 e. The van der Waals surface area contributed by atoms with Crippen LogP contribution in [0.4, 0.5) is 57.9 Å². The van der Waals surface area contributed by atoms with Crippen molar-refractivity contribution >= 4 is 41.6 Å². The number of anilines is 4. The maximum Gasteiger partial charge on any atom is 0.418 e. The summed E-state index contributed by atoms with van der Waals surface area (Å²) >= 11 is 0. The van der Waals surface area contributed by atoms with Gasteiger partial charge in [0.15, 0.2) is 23.1 Å². The van der Waals surface area contributed by atoms with Gasteiger partial charge in [0.2, 0.25) is 0 Å². The molecule has 71 heavy (non-hydrogen) atoms. The van der Waals surface area contributed by atoms with Gasteiger partial charge in [-0.1, -0.05) is 12.1 Å². The molecule has 372 valence electrons. The normalized spacial score (nSPS) is 14.2. The van der Waals surface area contributed by atoms with Crippen LogP contribution in [0.1, 0.15) is 43.0 Å². The number of carbonyl (C=O) groups excluding carboxylic acids is 2. The molecule has 0 spiro atoms. The van der Waals surface area contributed by atoms with E-state index in [1.165, 1.54) is 48.5 Å². The fraction of sp³-hybridized carbons (Fsp3) is 0.265. The molecular weight excluding hydrogens is 943 g/mol. The second-order valence-electron chi connectivity index (χ2n) is 16.3. The van der Waals surface area contributed by atoms with Crippen molar-refractivity contribution in [2.75, 3.05) is 72.8 Å². The zero-order valence-electron chi connectivity index (χ0n) is 38.0. The molecule has 0 radical (unpaired) electrons. The molecule has 4 heterocycles. The van der Waals surface area contributed by atoms with E-state index in [1.54, 1.807) is 70.5 Å². The SMILES string of the molecule is CB(O)N1CCN(c2ccc(NC(=O)c3ccc(F)c(OCc4cccnc4)c3)cc2C(F)(F)F)CC1.O=C(Nc1ccc(N2CCNCC2)c(C(F)(F)F)c1)c1ccc(F)c(OCc2cccnc2)c1. The van der Waals surface area contributed by atoms with Gasteiger partial charge in [-0.2, -0.15) is 26.3 Å². The van der Waals surface area contributed by atoms with Gasteiger partial charge in [0.25, 0.3) is 11.8 Å². The minimum absolute atomic E-state index is 0.00334. The first kappa shape index (κ1) is 51.6. The second-order valence-corrected chi connectivity index (χ2v) is 16.3. The third-order valence-electron chi connectivity index (χ3n) is 11.4. The number of hydrogen-bond donors (Lipinski definition) is 4. The summed E-state index contributed by atoms with van der Waals surface area (Å²) in [5, 5.41) is 17.7. The number of pyridine rings is 2. The van der Waals surface area contributed by atoms with Gasteiger partial charge in [-0.3, -0.25) is 19.6 Å². The van der Waals surface area contributed by atoms with E-state index >= 15 is 0 Å².